The average molecular weight is 400 g/mol. The van der Waals surface area contributed by atoms with Gasteiger partial charge in [-0.1, -0.05) is 53.5 Å². The van der Waals surface area contributed by atoms with E-state index in [0.717, 1.165) is 28.1 Å². The Kier molecular flexibility index (Phi) is 6.66. The number of nitrogens with zero attached hydrogens (tertiary/aromatic N) is 3. The first-order valence-corrected chi connectivity index (χ1v) is 9.57. The molecule has 0 unspecified atom stereocenters. The second-order valence-corrected chi connectivity index (χ2v) is 6.76. The van der Waals surface area contributed by atoms with Crippen molar-refractivity contribution in [1.29, 1.82) is 0 Å². The number of carbonyl (C=O) groups is 1. The molecular weight excluding hydrogens is 376 g/mol. The fraction of sp³-hybridized carbons (Fsp3) is 0.208. The summed E-state index contributed by atoms with van der Waals surface area (Å²) in [6.07, 6.45) is 1.72. The Morgan fingerprint density at radius 2 is 1.93 bits per heavy atom. The molecule has 152 valence electrons. The van der Waals surface area contributed by atoms with Crippen LogP contribution in [-0.2, 0) is 11.9 Å². The lowest BCUT2D eigenvalue weighted by Gasteiger charge is -2.12. The number of hydrogen-bond donors (Lipinski definition) is 1. The van der Waals surface area contributed by atoms with Crippen LogP contribution < -0.4 is 5.32 Å². The molecule has 1 N–H and O–H groups in total. The maximum absolute atomic E-state index is 12.7. The van der Waals surface area contributed by atoms with E-state index in [9.17, 15) is 4.79 Å². The molecule has 1 aromatic heterocycles. The summed E-state index contributed by atoms with van der Waals surface area (Å²) in [6, 6.07) is 15.7. The first-order valence-electron chi connectivity index (χ1n) is 9.57. The summed E-state index contributed by atoms with van der Waals surface area (Å²) in [5, 5.41) is 11.3. The van der Waals surface area contributed by atoms with Crippen molar-refractivity contribution >= 4 is 17.3 Å². The average Bonchev–Trinajstić information content (AvgIpc) is 3.09. The number of carbonyl (C=O) groups excluding carboxylic acids is 1. The predicted octanol–water partition coefficient (Wildman–Crippen LogP) is 4.41. The first kappa shape index (κ1) is 20.9. The number of oxime groups is 1. The number of para-hydroxylation sites is 1. The number of amides is 1. The van der Waals surface area contributed by atoms with E-state index in [0.29, 0.717) is 11.3 Å². The SMILES string of the molecule is CC#CCO/N=C(/C)c1ccc(-c2ccccc2NC(=O)c2cn(C)nc2C)cc1. The first-order chi connectivity index (χ1) is 14.5. The Morgan fingerprint density at radius 3 is 2.60 bits per heavy atom. The standard InChI is InChI=1S/C24H24N4O2/c1-5-6-15-30-27-17(2)19-11-13-20(14-12-19)21-9-7-8-10-23(21)25-24(29)22-16-28(4)26-18(22)3/h7-14,16H,15H2,1-4H3,(H,25,29)/b27-17-. The van der Waals surface area contributed by atoms with E-state index < -0.39 is 0 Å². The van der Waals surface area contributed by atoms with Crippen LogP contribution >= 0.6 is 0 Å². The van der Waals surface area contributed by atoms with E-state index in [4.69, 9.17) is 4.84 Å². The van der Waals surface area contributed by atoms with Crippen LogP contribution in [0, 0.1) is 18.8 Å². The van der Waals surface area contributed by atoms with Crippen molar-refractivity contribution in [2.75, 3.05) is 11.9 Å². The van der Waals surface area contributed by atoms with Crippen molar-refractivity contribution in [3.63, 3.8) is 0 Å². The van der Waals surface area contributed by atoms with Crippen LogP contribution in [0.1, 0.15) is 35.5 Å². The molecule has 0 spiro atoms. The lowest BCUT2D eigenvalue weighted by Crippen LogP contribution is -2.13. The second kappa shape index (κ2) is 9.57. The van der Waals surface area contributed by atoms with Crippen LogP contribution in [0.3, 0.4) is 0 Å². The molecule has 3 aromatic rings. The highest BCUT2D eigenvalue weighted by atomic mass is 16.6. The lowest BCUT2D eigenvalue weighted by molar-refractivity contribution is 0.102. The van der Waals surface area contributed by atoms with Gasteiger partial charge < -0.3 is 10.2 Å². The third-order valence-electron chi connectivity index (χ3n) is 4.56. The number of hydrogen-bond acceptors (Lipinski definition) is 4. The minimum atomic E-state index is -0.181. The maximum atomic E-state index is 12.7. The van der Waals surface area contributed by atoms with Gasteiger partial charge in [0.15, 0.2) is 6.61 Å². The van der Waals surface area contributed by atoms with Crippen molar-refractivity contribution in [1.82, 2.24) is 9.78 Å². The monoisotopic (exact) mass is 400 g/mol. The summed E-state index contributed by atoms with van der Waals surface area (Å²) >= 11 is 0. The molecule has 0 atom stereocenters. The second-order valence-electron chi connectivity index (χ2n) is 6.76. The number of anilines is 1. The fourth-order valence-electron chi connectivity index (χ4n) is 3.03. The molecule has 0 aliphatic rings. The summed E-state index contributed by atoms with van der Waals surface area (Å²) in [7, 11) is 1.80. The molecule has 0 saturated carbocycles. The van der Waals surface area contributed by atoms with Crippen LogP contribution in [-0.4, -0.2) is 28.0 Å². The lowest BCUT2D eigenvalue weighted by atomic mass is 10.0. The zero-order valence-electron chi connectivity index (χ0n) is 17.6. The third-order valence-corrected chi connectivity index (χ3v) is 4.56. The summed E-state index contributed by atoms with van der Waals surface area (Å²) in [4.78, 5) is 17.9. The van der Waals surface area contributed by atoms with Crippen molar-refractivity contribution in [2.24, 2.45) is 12.2 Å². The molecular formula is C24H24N4O2. The smallest absolute Gasteiger partial charge is 0.259 e. The quantitative estimate of drug-likeness (QED) is 0.288. The summed E-state index contributed by atoms with van der Waals surface area (Å²) in [6.45, 7) is 5.74. The molecule has 0 fully saturated rings. The van der Waals surface area contributed by atoms with Gasteiger partial charge in [0.25, 0.3) is 5.91 Å². The molecule has 0 saturated heterocycles. The van der Waals surface area contributed by atoms with Gasteiger partial charge in [-0.05, 0) is 38.0 Å². The summed E-state index contributed by atoms with van der Waals surface area (Å²) < 4.78 is 1.64. The highest BCUT2D eigenvalue weighted by molar-refractivity contribution is 6.07. The Hall–Kier alpha value is -3.85. The van der Waals surface area contributed by atoms with Gasteiger partial charge in [0, 0.05) is 24.5 Å². The largest absolute Gasteiger partial charge is 0.382 e. The van der Waals surface area contributed by atoms with Crippen LogP contribution in [0.15, 0.2) is 59.9 Å². The van der Waals surface area contributed by atoms with Crippen molar-refractivity contribution in [3.05, 3.63) is 71.5 Å². The van der Waals surface area contributed by atoms with Gasteiger partial charge in [-0.2, -0.15) is 5.10 Å². The minimum absolute atomic E-state index is 0.181. The van der Waals surface area contributed by atoms with Gasteiger partial charge in [-0.25, -0.2) is 0 Å². The van der Waals surface area contributed by atoms with E-state index in [1.54, 1.807) is 24.9 Å². The van der Waals surface area contributed by atoms with Crippen LogP contribution in [0.5, 0.6) is 0 Å². The van der Waals surface area contributed by atoms with Gasteiger partial charge in [0.1, 0.15) is 0 Å². The molecule has 2 aromatic carbocycles. The molecule has 0 aliphatic heterocycles. The number of rotatable bonds is 6. The number of nitrogens with one attached hydrogen (secondary N) is 1. The molecule has 6 nitrogen and oxygen atoms in total. The number of benzene rings is 2. The summed E-state index contributed by atoms with van der Waals surface area (Å²) in [5.74, 6) is 5.39. The van der Waals surface area contributed by atoms with E-state index in [1.165, 1.54) is 0 Å². The summed E-state index contributed by atoms with van der Waals surface area (Å²) in [5.41, 5.74) is 5.64. The van der Waals surface area contributed by atoms with Crippen LogP contribution in [0.4, 0.5) is 5.69 Å². The van der Waals surface area contributed by atoms with Crippen molar-refractivity contribution in [2.45, 2.75) is 20.8 Å². The maximum Gasteiger partial charge on any atom is 0.259 e. The van der Waals surface area contributed by atoms with Gasteiger partial charge in [-0.15, -0.1) is 5.92 Å². The number of aryl methyl sites for hydroxylation is 2. The van der Waals surface area contributed by atoms with E-state index >= 15 is 0 Å². The fourth-order valence-corrected chi connectivity index (χ4v) is 3.03. The Morgan fingerprint density at radius 1 is 1.20 bits per heavy atom. The van der Waals surface area contributed by atoms with E-state index in [2.05, 4.69) is 27.4 Å². The Balaban J connectivity index is 1.80. The molecule has 0 aliphatic carbocycles. The van der Waals surface area contributed by atoms with Gasteiger partial charge >= 0.3 is 0 Å². The zero-order valence-corrected chi connectivity index (χ0v) is 17.6. The number of aromatic nitrogens is 2. The van der Waals surface area contributed by atoms with Crippen molar-refractivity contribution in [3.8, 4) is 23.0 Å². The molecule has 6 heteroatoms. The van der Waals surface area contributed by atoms with Crippen LogP contribution in [0.2, 0.25) is 0 Å². The molecule has 1 amide bonds. The minimum Gasteiger partial charge on any atom is -0.382 e. The predicted molar refractivity (Wildman–Crippen MR) is 119 cm³/mol. The molecule has 3 rings (SSSR count). The topological polar surface area (TPSA) is 68.5 Å². The molecule has 1 heterocycles. The van der Waals surface area contributed by atoms with E-state index in [1.807, 2.05) is 62.4 Å². The molecule has 0 bridgehead atoms. The highest BCUT2D eigenvalue weighted by Crippen LogP contribution is 2.28. The molecule has 30 heavy (non-hydrogen) atoms. The van der Waals surface area contributed by atoms with Gasteiger partial charge in [0.05, 0.1) is 17.0 Å². The zero-order chi connectivity index (χ0) is 21.5. The van der Waals surface area contributed by atoms with E-state index in [-0.39, 0.29) is 12.5 Å². The third kappa shape index (κ3) is 4.95. The normalized spacial score (nSPS) is 10.9. The van der Waals surface area contributed by atoms with Crippen LogP contribution in [0.25, 0.3) is 11.1 Å². The Bertz CT molecular complexity index is 1130. The Labute approximate surface area is 176 Å². The highest BCUT2D eigenvalue weighted by Gasteiger charge is 2.15. The van der Waals surface area contributed by atoms with Crippen molar-refractivity contribution < 1.29 is 9.63 Å². The molecule has 0 radical (unpaired) electrons. The van der Waals surface area contributed by atoms with Gasteiger partial charge in [0.2, 0.25) is 0 Å². The van der Waals surface area contributed by atoms with Gasteiger partial charge in [-0.3, -0.25) is 9.48 Å².